The van der Waals surface area contributed by atoms with Crippen LogP contribution in [0, 0.1) is 23.3 Å². The van der Waals surface area contributed by atoms with Crippen LogP contribution in [-0.4, -0.2) is 193 Å². The van der Waals surface area contributed by atoms with Crippen LogP contribution >= 0.6 is 43.6 Å². The largest absolute Gasteiger partial charge is 0.377 e. The van der Waals surface area contributed by atoms with Gasteiger partial charge < -0.3 is 75.1 Å². The molecule has 7 heterocycles. The van der Waals surface area contributed by atoms with Gasteiger partial charge in [-0.25, -0.2) is 31.8 Å². The Balaban J connectivity index is 0.614. The Labute approximate surface area is 512 Å². The van der Waals surface area contributed by atoms with Gasteiger partial charge in [0, 0.05) is 61.2 Å². The molecular weight excluding hydrogens is 1290 g/mol. The molecule has 4 saturated heterocycles. The molecule has 0 unspecified atom stereocenters. The monoisotopic (exact) mass is 1360 g/mol. The second kappa shape index (κ2) is 32.4. The summed E-state index contributed by atoms with van der Waals surface area (Å²) in [5, 5.41) is 30.7. The van der Waals surface area contributed by atoms with Gasteiger partial charge in [-0.15, -0.1) is 5.10 Å². The number of aromatic nitrogens is 4. The molecule has 0 bridgehead atoms. The molecule has 5 aliphatic heterocycles. The van der Waals surface area contributed by atoms with Crippen LogP contribution in [0.15, 0.2) is 26.5 Å². The summed E-state index contributed by atoms with van der Waals surface area (Å²) < 4.78 is 97.7. The molecule has 8 amide bonds. The number of carbonyl (C=O) groups is 6. The number of fused-ring (bicyclic) bond motifs is 3. The summed E-state index contributed by atoms with van der Waals surface area (Å²) in [6.45, 7) is 4.36. The Hall–Kier alpha value is -5.84. The van der Waals surface area contributed by atoms with Gasteiger partial charge in [0.2, 0.25) is 11.8 Å². The molecule has 86 heavy (non-hydrogen) atoms. The standard InChI is InChI=1S/C52H69Br2F4N15O12S/c53-32-25-35-48(77)72-28-31(26-52(72)49(65-51(79)66-52)73(35)45(32)54)85-14-6-4-7-30-27-71(70-67-30)13-16-81-18-20-83-22-24-84-23-21-82-19-17-80-15-12-61-46(75)33(62-47(76)38-39(55)41(57)44(68-69-59)42(58)40(38)56)8-3-5-11-60-37(74)10-2-1-9-36-43-34(29-86-36)63-50(78)64-43/h25,27,31,33-34,36,43,49H,1-24,26,28-29H2,(H,60,74)(H,61,75)(H,62,76)(H2,63,64,78)(H2,65,66,79)/t31-,33-,34-,36-,43-,49-,52+/m0/s1. The first-order valence-corrected chi connectivity index (χ1v) is 31.0. The van der Waals surface area contributed by atoms with Crippen LogP contribution < -0.4 is 37.2 Å². The van der Waals surface area contributed by atoms with E-state index in [0.29, 0.717) is 88.9 Å². The van der Waals surface area contributed by atoms with E-state index in [-0.39, 0.29) is 106 Å². The SMILES string of the molecule is [N-]=[N+]=Nc1c(F)c(F)c(C(=O)N[C@@H](CCCCNC(=O)CCCC[C@@H]2SC[C@@H]3NC(=O)N[C@@H]32)C(=O)NCCOCCOCCOCCOCCOCCn2cc(CCCCO[C@@H]3CN4C(=O)c5cc(Br)c(Br)n5[C@@H]5NC(=O)N[C@@]54C3)nn2)c(F)c1F. The molecule has 3 aromatic rings. The zero-order chi connectivity index (χ0) is 61.2. The normalized spacial score (nSPS) is 21.2. The number of carbonyl (C=O) groups excluding carboxylic acids is 6. The molecule has 1 spiro atoms. The fourth-order valence-corrected chi connectivity index (χ4v) is 13.2. The summed E-state index contributed by atoms with van der Waals surface area (Å²) in [6.07, 6.45) is 7.02. The highest BCUT2D eigenvalue weighted by molar-refractivity contribution is 9.13. The van der Waals surface area contributed by atoms with Gasteiger partial charge in [-0.2, -0.15) is 11.8 Å². The van der Waals surface area contributed by atoms with Crippen molar-refractivity contribution in [2.75, 3.05) is 98.1 Å². The second-order valence-corrected chi connectivity index (χ2v) is 23.6. The minimum Gasteiger partial charge on any atom is -0.377 e. The number of urea groups is 2. The zero-order valence-electron chi connectivity index (χ0n) is 46.9. The van der Waals surface area contributed by atoms with Gasteiger partial charge in [-0.05, 0) is 94.8 Å². The molecule has 7 N–H and O–H groups in total. The van der Waals surface area contributed by atoms with Crippen molar-refractivity contribution in [3.63, 3.8) is 0 Å². The van der Waals surface area contributed by atoms with E-state index in [2.05, 4.69) is 89.4 Å². The first-order valence-electron chi connectivity index (χ1n) is 28.4. The van der Waals surface area contributed by atoms with Crippen molar-refractivity contribution >= 4 is 85.0 Å². The Kier molecular flexibility index (Phi) is 24.9. The van der Waals surface area contributed by atoms with E-state index < -0.39 is 64.2 Å². The maximum absolute atomic E-state index is 14.8. The Bertz CT molecular complexity index is 2900. The quantitative estimate of drug-likeness (QED) is 0.00764. The fourth-order valence-electron chi connectivity index (χ4n) is 10.7. The number of rotatable bonds is 38. The van der Waals surface area contributed by atoms with Crippen LogP contribution in [0.5, 0.6) is 0 Å². The second-order valence-electron chi connectivity index (χ2n) is 20.8. The van der Waals surface area contributed by atoms with E-state index in [0.717, 1.165) is 48.0 Å². The lowest BCUT2D eigenvalue weighted by atomic mass is 10.0. The molecular formula is C52H69Br2F4N15O12S. The van der Waals surface area contributed by atoms with E-state index in [9.17, 15) is 46.3 Å². The van der Waals surface area contributed by atoms with Crippen molar-refractivity contribution in [1.82, 2.24) is 61.7 Å². The number of thioether (sulfide) groups is 1. The third-order valence-electron chi connectivity index (χ3n) is 14.9. The van der Waals surface area contributed by atoms with E-state index in [1.165, 1.54) is 0 Å². The molecule has 8 rings (SSSR count). The predicted molar refractivity (Wildman–Crippen MR) is 306 cm³/mol. The van der Waals surface area contributed by atoms with Crippen LogP contribution in [-0.2, 0) is 51.0 Å². The predicted octanol–water partition coefficient (Wildman–Crippen LogP) is 4.89. The van der Waals surface area contributed by atoms with Gasteiger partial charge in [0.15, 0.2) is 35.1 Å². The highest BCUT2D eigenvalue weighted by Crippen LogP contribution is 2.47. The Morgan fingerprint density at radius 1 is 0.826 bits per heavy atom. The number of benzene rings is 1. The first kappa shape index (κ1) is 66.1. The molecule has 0 aliphatic carbocycles. The summed E-state index contributed by atoms with van der Waals surface area (Å²) in [5.74, 6) is -10.3. The number of hydrogen-bond donors (Lipinski definition) is 7. The van der Waals surface area contributed by atoms with Gasteiger partial charge >= 0.3 is 12.1 Å². The highest BCUT2D eigenvalue weighted by Gasteiger charge is 2.62. The zero-order valence-corrected chi connectivity index (χ0v) is 50.9. The molecule has 0 radical (unpaired) electrons. The average molecular weight is 1360 g/mol. The van der Waals surface area contributed by atoms with Crippen LogP contribution in [0.2, 0.25) is 0 Å². The van der Waals surface area contributed by atoms with Crippen molar-refractivity contribution in [3.05, 3.63) is 72.0 Å². The van der Waals surface area contributed by atoms with Gasteiger partial charge in [0.05, 0.1) is 101 Å². The molecule has 1 aromatic carbocycles. The summed E-state index contributed by atoms with van der Waals surface area (Å²) in [4.78, 5) is 80.3. The summed E-state index contributed by atoms with van der Waals surface area (Å²) in [7, 11) is 0. The van der Waals surface area contributed by atoms with Crippen LogP contribution in [0.4, 0.5) is 32.8 Å². The van der Waals surface area contributed by atoms with Crippen molar-refractivity contribution in [2.24, 2.45) is 5.11 Å². The van der Waals surface area contributed by atoms with Crippen LogP contribution in [0.25, 0.3) is 10.4 Å². The Morgan fingerprint density at radius 3 is 2.23 bits per heavy atom. The molecule has 2 aromatic heterocycles. The number of aryl methyl sites for hydroxylation is 1. The van der Waals surface area contributed by atoms with Gasteiger partial charge in [-0.1, -0.05) is 16.7 Å². The molecule has 4 fully saturated rings. The number of nitrogens with zero attached hydrogens (tertiary/aromatic N) is 8. The molecule has 34 heteroatoms. The maximum Gasteiger partial charge on any atom is 0.318 e. The van der Waals surface area contributed by atoms with Crippen molar-refractivity contribution in [1.29, 1.82) is 0 Å². The number of nitrogens with one attached hydrogen (secondary N) is 7. The molecule has 472 valence electrons. The number of hydrogen-bond acceptors (Lipinski definition) is 16. The lowest BCUT2D eigenvalue weighted by Crippen LogP contribution is -2.62. The smallest absolute Gasteiger partial charge is 0.318 e. The number of ether oxygens (including phenoxy) is 6. The molecule has 0 saturated carbocycles. The van der Waals surface area contributed by atoms with Crippen molar-refractivity contribution in [3.8, 4) is 0 Å². The van der Waals surface area contributed by atoms with E-state index >= 15 is 0 Å². The maximum atomic E-state index is 14.8. The number of unbranched alkanes of at least 4 members (excludes halogenated alkanes) is 3. The number of azide groups is 1. The minimum absolute atomic E-state index is 0.0143. The minimum atomic E-state index is -2.12. The summed E-state index contributed by atoms with van der Waals surface area (Å²) in [6, 6.07) is 0.0241. The van der Waals surface area contributed by atoms with E-state index in [1.807, 2.05) is 6.20 Å². The fraction of sp³-hybridized carbons (Fsp3) is 0.654. The molecule has 7 atom stereocenters. The van der Waals surface area contributed by atoms with E-state index in [1.54, 1.807) is 32.0 Å². The van der Waals surface area contributed by atoms with Gasteiger partial charge in [0.25, 0.3) is 11.8 Å². The third kappa shape index (κ3) is 17.1. The summed E-state index contributed by atoms with van der Waals surface area (Å²) >= 11 is 8.82. The van der Waals surface area contributed by atoms with Crippen LogP contribution in [0.1, 0.15) is 96.9 Å². The topological polar surface area (TPSA) is 330 Å². The third-order valence-corrected chi connectivity index (χ3v) is 18.4. The lowest BCUT2D eigenvalue weighted by molar-refractivity contribution is -0.123. The number of amides is 8. The Morgan fingerprint density at radius 2 is 1.52 bits per heavy atom. The average Bonchev–Trinajstić information content (AvgIpc) is 1.56. The van der Waals surface area contributed by atoms with Gasteiger partial charge in [0.1, 0.15) is 27.6 Å². The van der Waals surface area contributed by atoms with Crippen LogP contribution in [0.3, 0.4) is 0 Å². The number of halogens is 6. The highest BCUT2D eigenvalue weighted by atomic mass is 79.9. The lowest BCUT2D eigenvalue weighted by Gasteiger charge is -2.43. The van der Waals surface area contributed by atoms with E-state index in [4.69, 9.17) is 34.0 Å². The van der Waals surface area contributed by atoms with Crippen molar-refractivity contribution < 1.29 is 74.8 Å². The van der Waals surface area contributed by atoms with Gasteiger partial charge in [-0.3, -0.25) is 19.2 Å². The summed E-state index contributed by atoms with van der Waals surface area (Å²) in [5.41, 5.74) is 5.72. The molecule has 5 aliphatic rings. The first-order chi connectivity index (χ1) is 41.6. The molecule has 27 nitrogen and oxygen atoms in total. The van der Waals surface area contributed by atoms with Crippen molar-refractivity contribution in [2.45, 2.75) is 118 Å².